The maximum atomic E-state index is 12.9. The van der Waals surface area contributed by atoms with Gasteiger partial charge in [-0.1, -0.05) is 17.3 Å². The fourth-order valence-corrected chi connectivity index (χ4v) is 3.64. The van der Waals surface area contributed by atoms with E-state index in [4.69, 9.17) is 9.26 Å². The third kappa shape index (κ3) is 3.80. The number of carbonyl (C=O) groups excluding carboxylic acids is 1. The fourth-order valence-electron chi connectivity index (χ4n) is 2.69. The Balaban J connectivity index is 1.75. The largest absolute Gasteiger partial charge is 0.488 e. The zero-order chi connectivity index (χ0) is 18.7. The lowest BCUT2D eigenvalue weighted by Crippen LogP contribution is -2.26. The summed E-state index contributed by atoms with van der Waals surface area (Å²) in [5.74, 6) is 1.23. The second kappa shape index (κ2) is 7.74. The highest BCUT2D eigenvalue weighted by Gasteiger charge is 2.19. The van der Waals surface area contributed by atoms with Gasteiger partial charge < -0.3 is 14.2 Å². The number of para-hydroxylation sites is 1. The van der Waals surface area contributed by atoms with Gasteiger partial charge in [0.1, 0.15) is 18.1 Å². The monoisotopic (exact) mass is 370 g/mol. The molecule has 5 nitrogen and oxygen atoms in total. The highest BCUT2D eigenvalue weighted by Crippen LogP contribution is 2.24. The van der Waals surface area contributed by atoms with Gasteiger partial charge in [0.05, 0.1) is 23.4 Å². The van der Waals surface area contributed by atoms with Crippen molar-refractivity contribution in [1.29, 1.82) is 0 Å². The van der Waals surface area contributed by atoms with Crippen molar-refractivity contribution in [2.24, 2.45) is 0 Å². The quantitative estimate of drug-likeness (QED) is 0.640. The third-order valence-corrected chi connectivity index (χ3v) is 5.37. The van der Waals surface area contributed by atoms with E-state index in [0.717, 1.165) is 17.0 Å². The van der Waals surface area contributed by atoms with Crippen LogP contribution in [-0.2, 0) is 13.2 Å². The molecule has 26 heavy (non-hydrogen) atoms. The summed E-state index contributed by atoms with van der Waals surface area (Å²) in [5.41, 5.74) is 3.47. The molecule has 2 heterocycles. The number of nitrogens with zero attached hydrogens (tertiary/aromatic N) is 2. The molecule has 0 unspecified atom stereocenters. The predicted octanol–water partition coefficient (Wildman–Crippen LogP) is 4.51. The number of hydrogen-bond donors (Lipinski definition) is 0. The number of amides is 1. The summed E-state index contributed by atoms with van der Waals surface area (Å²) in [5, 5.41) is 5.98. The highest BCUT2D eigenvalue weighted by atomic mass is 32.1. The van der Waals surface area contributed by atoms with E-state index >= 15 is 0 Å². The number of rotatable bonds is 6. The number of thiophene rings is 1. The number of aryl methyl sites for hydroxylation is 3. The van der Waals surface area contributed by atoms with Crippen molar-refractivity contribution >= 4 is 17.2 Å². The van der Waals surface area contributed by atoms with Crippen molar-refractivity contribution in [2.75, 3.05) is 7.05 Å². The molecule has 136 valence electrons. The summed E-state index contributed by atoms with van der Waals surface area (Å²) in [4.78, 5) is 15.8. The molecular formula is C20H22N2O3S. The Labute approximate surface area is 157 Å². The first-order valence-corrected chi connectivity index (χ1v) is 9.27. The van der Waals surface area contributed by atoms with E-state index in [0.29, 0.717) is 24.5 Å². The van der Waals surface area contributed by atoms with Crippen LogP contribution in [0.15, 0.2) is 40.2 Å². The molecule has 0 fully saturated rings. The molecule has 0 bridgehead atoms. The summed E-state index contributed by atoms with van der Waals surface area (Å²) < 4.78 is 11.1. The highest BCUT2D eigenvalue weighted by molar-refractivity contribution is 7.10. The number of aromatic nitrogens is 1. The Morgan fingerprint density at radius 3 is 2.65 bits per heavy atom. The summed E-state index contributed by atoms with van der Waals surface area (Å²) in [6.45, 7) is 6.70. The first kappa shape index (κ1) is 18.2. The zero-order valence-electron chi connectivity index (χ0n) is 15.4. The van der Waals surface area contributed by atoms with Gasteiger partial charge in [0.25, 0.3) is 5.91 Å². The van der Waals surface area contributed by atoms with Gasteiger partial charge in [-0.2, -0.15) is 0 Å². The Morgan fingerprint density at radius 2 is 2.00 bits per heavy atom. The minimum Gasteiger partial charge on any atom is -0.488 e. The van der Waals surface area contributed by atoms with E-state index < -0.39 is 0 Å². The third-order valence-electron chi connectivity index (χ3n) is 4.37. The topological polar surface area (TPSA) is 55.6 Å². The Hall–Kier alpha value is -2.60. The lowest BCUT2D eigenvalue weighted by atomic mass is 10.1. The molecule has 1 aromatic carbocycles. The molecule has 0 spiro atoms. The molecule has 0 atom stereocenters. The number of hydrogen-bond acceptors (Lipinski definition) is 5. The van der Waals surface area contributed by atoms with Crippen molar-refractivity contribution in [1.82, 2.24) is 10.1 Å². The van der Waals surface area contributed by atoms with Gasteiger partial charge in [-0.05, 0) is 49.9 Å². The van der Waals surface area contributed by atoms with E-state index in [-0.39, 0.29) is 5.91 Å². The van der Waals surface area contributed by atoms with Gasteiger partial charge in [-0.15, -0.1) is 11.3 Å². The minimum absolute atomic E-state index is 0.0628. The fraction of sp³-hybridized carbons (Fsp3) is 0.300. The maximum Gasteiger partial charge on any atom is 0.257 e. The summed E-state index contributed by atoms with van der Waals surface area (Å²) in [6.07, 6.45) is 0. The minimum atomic E-state index is -0.0628. The van der Waals surface area contributed by atoms with Gasteiger partial charge in [-0.25, -0.2) is 0 Å². The standard InChI is InChI=1S/C20H22N2O3S/c1-13-9-10-26-19(13)11-22(4)20(23)16-7-5-6-8-18(16)24-12-17-14(2)21-25-15(17)3/h5-10H,11-12H2,1-4H3. The second-order valence-corrected chi connectivity index (χ2v) is 7.28. The van der Waals surface area contributed by atoms with E-state index in [1.54, 1.807) is 22.3 Å². The molecule has 2 aromatic heterocycles. The molecule has 3 rings (SSSR count). The van der Waals surface area contributed by atoms with Crippen LogP contribution in [0.1, 0.15) is 37.8 Å². The van der Waals surface area contributed by atoms with Crippen LogP contribution in [0.4, 0.5) is 0 Å². The van der Waals surface area contributed by atoms with E-state index in [1.807, 2.05) is 44.5 Å². The van der Waals surface area contributed by atoms with Gasteiger partial charge in [0.2, 0.25) is 0 Å². The average Bonchev–Trinajstić information content (AvgIpc) is 3.18. The van der Waals surface area contributed by atoms with Crippen LogP contribution in [0.25, 0.3) is 0 Å². The van der Waals surface area contributed by atoms with Crippen molar-refractivity contribution < 1.29 is 14.1 Å². The number of benzene rings is 1. The number of ether oxygens (including phenoxy) is 1. The molecule has 0 N–H and O–H groups in total. The van der Waals surface area contributed by atoms with E-state index in [2.05, 4.69) is 18.1 Å². The maximum absolute atomic E-state index is 12.9. The van der Waals surface area contributed by atoms with Gasteiger partial charge in [0, 0.05) is 11.9 Å². The summed E-state index contributed by atoms with van der Waals surface area (Å²) >= 11 is 1.66. The molecule has 0 saturated carbocycles. The van der Waals surface area contributed by atoms with Crippen LogP contribution >= 0.6 is 11.3 Å². The van der Waals surface area contributed by atoms with Crippen molar-refractivity contribution in [2.45, 2.75) is 33.9 Å². The second-order valence-electron chi connectivity index (χ2n) is 6.28. The Bertz CT molecular complexity index is 894. The summed E-state index contributed by atoms with van der Waals surface area (Å²) in [6, 6.07) is 9.39. The van der Waals surface area contributed by atoms with Crippen molar-refractivity contribution in [3.05, 3.63) is 68.7 Å². The molecule has 0 aliphatic carbocycles. The summed E-state index contributed by atoms with van der Waals surface area (Å²) in [7, 11) is 1.81. The Kier molecular flexibility index (Phi) is 5.42. The molecule has 0 aliphatic rings. The van der Waals surface area contributed by atoms with Crippen LogP contribution in [0, 0.1) is 20.8 Å². The van der Waals surface area contributed by atoms with Crippen LogP contribution < -0.4 is 4.74 Å². The first-order chi connectivity index (χ1) is 12.5. The molecule has 6 heteroatoms. The van der Waals surface area contributed by atoms with Crippen molar-refractivity contribution in [3.8, 4) is 5.75 Å². The zero-order valence-corrected chi connectivity index (χ0v) is 16.2. The molecule has 0 saturated heterocycles. The molecule has 0 aliphatic heterocycles. The average molecular weight is 370 g/mol. The van der Waals surface area contributed by atoms with Gasteiger partial charge >= 0.3 is 0 Å². The smallest absolute Gasteiger partial charge is 0.257 e. The van der Waals surface area contributed by atoms with Crippen LogP contribution in [-0.4, -0.2) is 23.0 Å². The normalized spacial score (nSPS) is 10.8. The SMILES string of the molecule is Cc1ccsc1CN(C)C(=O)c1ccccc1OCc1c(C)noc1C. The van der Waals surface area contributed by atoms with Crippen LogP contribution in [0.2, 0.25) is 0 Å². The Morgan fingerprint density at radius 1 is 1.23 bits per heavy atom. The first-order valence-electron chi connectivity index (χ1n) is 8.39. The molecule has 1 amide bonds. The van der Waals surface area contributed by atoms with Crippen molar-refractivity contribution in [3.63, 3.8) is 0 Å². The molecular weight excluding hydrogens is 348 g/mol. The lowest BCUT2D eigenvalue weighted by molar-refractivity contribution is 0.0781. The van der Waals surface area contributed by atoms with Gasteiger partial charge in [-0.3, -0.25) is 4.79 Å². The predicted molar refractivity (Wildman–Crippen MR) is 102 cm³/mol. The van der Waals surface area contributed by atoms with E-state index in [1.165, 1.54) is 10.4 Å². The van der Waals surface area contributed by atoms with E-state index in [9.17, 15) is 4.79 Å². The lowest BCUT2D eigenvalue weighted by Gasteiger charge is -2.19. The van der Waals surface area contributed by atoms with Gasteiger partial charge in [0.15, 0.2) is 0 Å². The molecule has 3 aromatic rings. The number of carbonyl (C=O) groups is 1. The van der Waals surface area contributed by atoms with Crippen LogP contribution in [0.5, 0.6) is 5.75 Å². The van der Waals surface area contributed by atoms with Crippen LogP contribution in [0.3, 0.4) is 0 Å². The molecule has 0 radical (unpaired) electrons.